The minimum absolute atomic E-state index is 0.736. The second-order valence-corrected chi connectivity index (χ2v) is 10.4. The van der Waals surface area contributed by atoms with Crippen LogP contribution in [0, 0.1) is 17.8 Å². The number of hydrogen-bond donors (Lipinski definition) is 0. The van der Waals surface area contributed by atoms with Crippen LogP contribution in [0.15, 0.2) is 60.7 Å². The molecule has 1 aliphatic carbocycles. The summed E-state index contributed by atoms with van der Waals surface area (Å²) < 4.78 is 5.32. The highest BCUT2D eigenvalue weighted by Crippen LogP contribution is 2.37. The van der Waals surface area contributed by atoms with Crippen molar-refractivity contribution in [1.29, 1.82) is 0 Å². The van der Waals surface area contributed by atoms with E-state index in [4.69, 9.17) is 4.74 Å². The van der Waals surface area contributed by atoms with E-state index in [1.807, 2.05) is 6.07 Å². The van der Waals surface area contributed by atoms with Gasteiger partial charge in [0.1, 0.15) is 5.75 Å². The van der Waals surface area contributed by atoms with Gasteiger partial charge >= 0.3 is 0 Å². The van der Waals surface area contributed by atoms with Crippen LogP contribution in [0.2, 0.25) is 0 Å². The third-order valence-electron chi connectivity index (χ3n) is 7.84. The summed E-state index contributed by atoms with van der Waals surface area (Å²) in [4.78, 5) is 0. The summed E-state index contributed by atoms with van der Waals surface area (Å²) in [5.74, 6) is 9.29. The SMILES string of the molecule is CCCCCCCCCC1CCC(c2ccc(C#Cc3ccc4cc(OC)ccc4c3)cc2)CC1. The maximum atomic E-state index is 5.32. The van der Waals surface area contributed by atoms with Gasteiger partial charge in [-0.05, 0) is 90.3 Å². The molecule has 0 unspecified atom stereocenters. The summed E-state index contributed by atoms with van der Waals surface area (Å²) in [6, 6.07) is 21.6. The zero-order chi connectivity index (χ0) is 24.3. The standard InChI is InChI=1S/C34H42O/c1-3-4-5-6-7-8-9-10-27-13-18-30(19-14-27)31-20-15-28(16-21-31)11-12-29-17-22-33-26-34(35-2)24-23-32(33)25-29/h15-17,20-27,30H,3-10,13-14,18-19H2,1-2H3. The highest BCUT2D eigenvalue weighted by atomic mass is 16.5. The number of benzene rings is 3. The average molecular weight is 467 g/mol. The zero-order valence-electron chi connectivity index (χ0n) is 21.8. The Labute approximate surface area is 213 Å². The van der Waals surface area contributed by atoms with Gasteiger partial charge < -0.3 is 4.74 Å². The molecule has 0 atom stereocenters. The Kier molecular flexibility index (Phi) is 9.71. The molecule has 1 saturated carbocycles. The van der Waals surface area contributed by atoms with Crippen LogP contribution in [0.3, 0.4) is 0 Å². The maximum Gasteiger partial charge on any atom is 0.119 e. The number of fused-ring (bicyclic) bond motifs is 1. The van der Waals surface area contributed by atoms with Crippen LogP contribution in [-0.4, -0.2) is 7.11 Å². The molecule has 0 amide bonds. The van der Waals surface area contributed by atoms with E-state index in [1.165, 1.54) is 93.4 Å². The van der Waals surface area contributed by atoms with E-state index in [0.29, 0.717) is 0 Å². The van der Waals surface area contributed by atoms with E-state index in [2.05, 4.69) is 73.4 Å². The lowest BCUT2D eigenvalue weighted by Gasteiger charge is -2.29. The number of unbranched alkanes of at least 4 members (excludes halogenated alkanes) is 6. The second kappa shape index (κ2) is 13.4. The van der Waals surface area contributed by atoms with Crippen molar-refractivity contribution in [3.63, 3.8) is 0 Å². The maximum absolute atomic E-state index is 5.32. The predicted molar refractivity (Wildman–Crippen MR) is 150 cm³/mol. The van der Waals surface area contributed by atoms with Crippen LogP contribution in [0.25, 0.3) is 10.8 Å². The van der Waals surface area contributed by atoms with Crippen LogP contribution in [0.4, 0.5) is 0 Å². The Morgan fingerprint density at radius 1 is 0.686 bits per heavy atom. The summed E-state index contributed by atoms with van der Waals surface area (Å²) in [6.07, 6.45) is 17.0. The molecule has 184 valence electrons. The van der Waals surface area contributed by atoms with Crippen molar-refractivity contribution >= 4 is 10.8 Å². The van der Waals surface area contributed by atoms with E-state index in [0.717, 1.165) is 28.7 Å². The highest BCUT2D eigenvalue weighted by molar-refractivity contribution is 5.85. The van der Waals surface area contributed by atoms with Crippen molar-refractivity contribution in [3.8, 4) is 17.6 Å². The minimum Gasteiger partial charge on any atom is -0.497 e. The first kappa shape index (κ1) is 25.4. The molecular formula is C34H42O. The lowest BCUT2D eigenvalue weighted by molar-refractivity contribution is 0.302. The van der Waals surface area contributed by atoms with Crippen LogP contribution in [0.5, 0.6) is 5.75 Å². The number of hydrogen-bond acceptors (Lipinski definition) is 1. The predicted octanol–water partition coefficient (Wildman–Crippen LogP) is 9.66. The Morgan fingerprint density at radius 3 is 2.06 bits per heavy atom. The van der Waals surface area contributed by atoms with E-state index < -0.39 is 0 Å². The third kappa shape index (κ3) is 7.63. The molecule has 0 saturated heterocycles. The molecule has 0 radical (unpaired) electrons. The van der Waals surface area contributed by atoms with Gasteiger partial charge in [0.25, 0.3) is 0 Å². The largest absolute Gasteiger partial charge is 0.497 e. The lowest BCUT2D eigenvalue weighted by atomic mass is 9.77. The molecule has 0 heterocycles. The molecule has 0 aliphatic heterocycles. The fraction of sp³-hybridized carbons (Fsp3) is 0.471. The molecule has 0 N–H and O–H groups in total. The van der Waals surface area contributed by atoms with Gasteiger partial charge in [-0.1, -0.05) is 94.4 Å². The molecule has 1 heteroatoms. The van der Waals surface area contributed by atoms with Gasteiger partial charge in [-0.15, -0.1) is 0 Å². The van der Waals surface area contributed by atoms with Crippen molar-refractivity contribution in [1.82, 2.24) is 0 Å². The Hall–Kier alpha value is -2.72. The molecule has 3 aromatic rings. The molecule has 1 nitrogen and oxygen atoms in total. The van der Waals surface area contributed by atoms with Gasteiger partial charge in [0, 0.05) is 11.1 Å². The minimum atomic E-state index is 0.736. The summed E-state index contributed by atoms with van der Waals surface area (Å²) in [5, 5.41) is 2.37. The van der Waals surface area contributed by atoms with Crippen molar-refractivity contribution in [3.05, 3.63) is 77.4 Å². The van der Waals surface area contributed by atoms with Gasteiger partial charge in [-0.25, -0.2) is 0 Å². The molecule has 4 rings (SSSR count). The van der Waals surface area contributed by atoms with Crippen molar-refractivity contribution in [2.24, 2.45) is 5.92 Å². The second-order valence-electron chi connectivity index (χ2n) is 10.4. The van der Waals surface area contributed by atoms with E-state index in [1.54, 1.807) is 7.11 Å². The zero-order valence-corrected chi connectivity index (χ0v) is 21.8. The van der Waals surface area contributed by atoms with Crippen LogP contribution in [-0.2, 0) is 0 Å². The van der Waals surface area contributed by atoms with Gasteiger partial charge in [0.15, 0.2) is 0 Å². The summed E-state index contributed by atoms with van der Waals surface area (Å²) in [5.41, 5.74) is 3.65. The number of rotatable bonds is 10. The summed E-state index contributed by atoms with van der Waals surface area (Å²) in [7, 11) is 1.70. The smallest absolute Gasteiger partial charge is 0.119 e. The normalized spacial score (nSPS) is 17.7. The van der Waals surface area contributed by atoms with Gasteiger partial charge in [-0.2, -0.15) is 0 Å². The fourth-order valence-electron chi connectivity index (χ4n) is 5.59. The fourth-order valence-corrected chi connectivity index (χ4v) is 5.59. The Morgan fingerprint density at radius 2 is 1.31 bits per heavy atom. The molecule has 3 aromatic carbocycles. The molecule has 0 aromatic heterocycles. The third-order valence-corrected chi connectivity index (χ3v) is 7.84. The quantitative estimate of drug-likeness (QED) is 0.213. The van der Waals surface area contributed by atoms with Crippen molar-refractivity contribution in [2.75, 3.05) is 7.11 Å². The molecule has 0 spiro atoms. The van der Waals surface area contributed by atoms with Crippen LogP contribution in [0.1, 0.15) is 107 Å². The van der Waals surface area contributed by atoms with Crippen molar-refractivity contribution < 1.29 is 4.74 Å². The average Bonchev–Trinajstić information content (AvgIpc) is 2.91. The van der Waals surface area contributed by atoms with Gasteiger partial charge in [-0.3, -0.25) is 0 Å². The lowest BCUT2D eigenvalue weighted by Crippen LogP contribution is -2.13. The van der Waals surface area contributed by atoms with Crippen LogP contribution < -0.4 is 4.74 Å². The van der Waals surface area contributed by atoms with E-state index in [-0.39, 0.29) is 0 Å². The monoisotopic (exact) mass is 466 g/mol. The topological polar surface area (TPSA) is 9.23 Å². The number of ether oxygens (including phenoxy) is 1. The first-order valence-electron chi connectivity index (χ1n) is 13.9. The molecule has 1 aliphatic rings. The number of methoxy groups -OCH3 is 1. The highest BCUT2D eigenvalue weighted by Gasteiger charge is 2.21. The Balaban J connectivity index is 1.23. The van der Waals surface area contributed by atoms with Gasteiger partial charge in [0.05, 0.1) is 7.11 Å². The summed E-state index contributed by atoms with van der Waals surface area (Å²) >= 11 is 0. The molecule has 0 bridgehead atoms. The van der Waals surface area contributed by atoms with Gasteiger partial charge in [0.2, 0.25) is 0 Å². The van der Waals surface area contributed by atoms with Crippen molar-refractivity contribution in [2.45, 2.75) is 89.9 Å². The Bertz CT molecular complexity index is 1110. The van der Waals surface area contributed by atoms with Crippen LogP contribution >= 0.6 is 0 Å². The first-order valence-corrected chi connectivity index (χ1v) is 13.9. The molecule has 1 fully saturated rings. The first-order chi connectivity index (χ1) is 17.2. The van der Waals surface area contributed by atoms with E-state index >= 15 is 0 Å². The molecule has 35 heavy (non-hydrogen) atoms. The van der Waals surface area contributed by atoms with E-state index in [9.17, 15) is 0 Å². The molecular weight excluding hydrogens is 424 g/mol. The summed E-state index contributed by atoms with van der Waals surface area (Å²) in [6.45, 7) is 2.30.